The Balaban J connectivity index is 1.69. The summed E-state index contributed by atoms with van der Waals surface area (Å²) in [6.45, 7) is 0.470. The highest BCUT2D eigenvalue weighted by Crippen LogP contribution is 2.14. The van der Waals surface area contributed by atoms with E-state index in [1.807, 2.05) is 24.3 Å². The van der Waals surface area contributed by atoms with E-state index in [1.165, 1.54) is 0 Å². The maximum atomic E-state index is 8.71. The van der Waals surface area contributed by atoms with Gasteiger partial charge in [-0.05, 0) is 24.3 Å². The van der Waals surface area contributed by atoms with Gasteiger partial charge in [0, 0.05) is 29.2 Å². The van der Waals surface area contributed by atoms with Crippen molar-refractivity contribution in [2.24, 2.45) is 10.9 Å². The van der Waals surface area contributed by atoms with Crippen molar-refractivity contribution in [1.29, 1.82) is 0 Å². The predicted molar refractivity (Wildman–Crippen MR) is 85.9 cm³/mol. The Labute approximate surface area is 132 Å². The summed E-state index contributed by atoms with van der Waals surface area (Å²) >= 11 is 0. The third kappa shape index (κ3) is 3.43. The van der Waals surface area contributed by atoms with Gasteiger partial charge in [0.05, 0.1) is 6.54 Å². The fourth-order valence-corrected chi connectivity index (χ4v) is 2.04. The first-order valence-corrected chi connectivity index (χ1v) is 6.90. The average molecular weight is 309 g/mol. The molecule has 0 aliphatic rings. The Hall–Kier alpha value is -3.42. The van der Waals surface area contributed by atoms with E-state index < -0.39 is 0 Å². The van der Waals surface area contributed by atoms with Crippen LogP contribution in [0.25, 0.3) is 11.4 Å². The number of anilines is 1. The van der Waals surface area contributed by atoms with Crippen molar-refractivity contribution in [2.45, 2.75) is 6.54 Å². The molecular weight excluding hydrogens is 294 g/mol. The maximum absolute atomic E-state index is 8.71. The highest BCUT2D eigenvalue weighted by atomic mass is 16.4. The van der Waals surface area contributed by atoms with E-state index in [1.54, 1.807) is 24.5 Å². The number of rotatable bonds is 5. The van der Waals surface area contributed by atoms with Crippen LogP contribution in [0.1, 0.15) is 11.4 Å². The molecule has 0 spiro atoms. The standard InChI is InChI=1S/C15H15N7O/c16-14(22-23)11-2-1-3-12(8-11)18-9-13-19-15(21-20-13)10-4-6-17-7-5-10/h1-8,18,23H,9H2,(H2,16,22)(H,19,20,21). The van der Waals surface area contributed by atoms with Crippen LogP contribution in [0.15, 0.2) is 53.9 Å². The molecular formula is C15H15N7O. The number of nitrogens with two attached hydrogens (primary N) is 1. The van der Waals surface area contributed by atoms with Crippen LogP contribution >= 0.6 is 0 Å². The number of nitrogens with one attached hydrogen (secondary N) is 2. The summed E-state index contributed by atoms with van der Waals surface area (Å²) in [6.07, 6.45) is 3.39. The van der Waals surface area contributed by atoms with Crippen molar-refractivity contribution in [3.63, 3.8) is 0 Å². The minimum absolute atomic E-state index is 0.0632. The summed E-state index contributed by atoms with van der Waals surface area (Å²) < 4.78 is 0. The minimum atomic E-state index is 0.0632. The first kappa shape index (κ1) is 14.5. The van der Waals surface area contributed by atoms with Crippen LogP contribution in [0.5, 0.6) is 0 Å². The van der Waals surface area contributed by atoms with Crippen molar-refractivity contribution in [3.05, 3.63) is 60.2 Å². The molecule has 0 saturated heterocycles. The smallest absolute Gasteiger partial charge is 0.181 e. The molecule has 116 valence electrons. The Kier molecular flexibility index (Phi) is 4.14. The third-order valence-electron chi connectivity index (χ3n) is 3.20. The summed E-state index contributed by atoms with van der Waals surface area (Å²) in [4.78, 5) is 8.39. The van der Waals surface area contributed by atoms with E-state index in [2.05, 4.69) is 30.6 Å². The van der Waals surface area contributed by atoms with Gasteiger partial charge in [-0.3, -0.25) is 10.1 Å². The first-order valence-electron chi connectivity index (χ1n) is 6.90. The van der Waals surface area contributed by atoms with Crippen LogP contribution in [0.2, 0.25) is 0 Å². The van der Waals surface area contributed by atoms with Crippen LogP contribution in [0, 0.1) is 0 Å². The lowest BCUT2D eigenvalue weighted by atomic mass is 10.2. The quantitative estimate of drug-likeness (QED) is 0.245. The second-order valence-corrected chi connectivity index (χ2v) is 4.76. The lowest BCUT2D eigenvalue weighted by Crippen LogP contribution is -2.13. The molecule has 8 nitrogen and oxygen atoms in total. The summed E-state index contributed by atoms with van der Waals surface area (Å²) in [6, 6.07) is 10.9. The molecule has 23 heavy (non-hydrogen) atoms. The molecule has 0 radical (unpaired) electrons. The molecule has 2 aromatic heterocycles. The topological polar surface area (TPSA) is 125 Å². The largest absolute Gasteiger partial charge is 0.409 e. The molecule has 0 unspecified atom stereocenters. The van der Waals surface area contributed by atoms with Gasteiger partial charge in [-0.2, -0.15) is 5.10 Å². The molecule has 0 aliphatic carbocycles. The van der Waals surface area contributed by atoms with Gasteiger partial charge in [-0.15, -0.1) is 0 Å². The van der Waals surface area contributed by atoms with Crippen LogP contribution < -0.4 is 11.1 Å². The van der Waals surface area contributed by atoms with Crippen molar-refractivity contribution in [2.75, 3.05) is 5.32 Å². The Morgan fingerprint density at radius 2 is 2.09 bits per heavy atom. The number of aromatic amines is 1. The minimum Gasteiger partial charge on any atom is -0.409 e. The average Bonchev–Trinajstić information content (AvgIpc) is 3.09. The van der Waals surface area contributed by atoms with Crippen molar-refractivity contribution >= 4 is 11.5 Å². The van der Waals surface area contributed by atoms with Crippen LogP contribution in [0.4, 0.5) is 5.69 Å². The van der Waals surface area contributed by atoms with Gasteiger partial charge >= 0.3 is 0 Å². The van der Waals surface area contributed by atoms with E-state index in [4.69, 9.17) is 10.9 Å². The number of amidine groups is 1. The highest BCUT2D eigenvalue weighted by molar-refractivity contribution is 5.97. The van der Waals surface area contributed by atoms with Gasteiger partial charge in [-0.1, -0.05) is 17.3 Å². The molecule has 5 N–H and O–H groups in total. The lowest BCUT2D eigenvalue weighted by Gasteiger charge is -2.06. The molecule has 3 aromatic rings. The molecule has 0 aliphatic heterocycles. The van der Waals surface area contributed by atoms with Crippen LogP contribution in [-0.2, 0) is 6.54 Å². The number of hydrogen-bond donors (Lipinski definition) is 4. The number of benzene rings is 1. The zero-order valence-corrected chi connectivity index (χ0v) is 12.1. The van der Waals surface area contributed by atoms with Crippen LogP contribution in [-0.4, -0.2) is 31.2 Å². The number of aromatic nitrogens is 4. The van der Waals surface area contributed by atoms with E-state index in [0.717, 1.165) is 11.3 Å². The number of pyridine rings is 1. The number of nitrogens with zero attached hydrogens (tertiary/aromatic N) is 4. The lowest BCUT2D eigenvalue weighted by molar-refractivity contribution is 0.318. The Bertz CT molecular complexity index is 813. The normalized spacial score (nSPS) is 11.4. The fraction of sp³-hybridized carbons (Fsp3) is 0.0667. The van der Waals surface area contributed by atoms with E-state index in [0.29, 0.717) is 23.8 Å². The number of hydrogen-bond acceptors (Lipinski definition) is 6. The predicted octanol–water partition coefficient (Wildman–Crippen LogP) is 1.57. The van der Waals surface area contributed by atoms with E-state index in [-0.39, 0.29) is 5.84 Å². The first-order chi connectivity index (χ1) is 11.3. The molecule has 0 fully saturated rings. The van der Waals surface area contributed by atoms with Gasteiger partial charge in [0.2, 0.25) is 0 Å². The monoisotopic (exact) mass is 309 g/mol. The molecule has 0 bridgehead atoms. The Morgan fingerprint density at radius 1 is 1.26 bits per heavy atom. The highest BCUT2D eigenvalue weighted by Gasteiger charge is 2.06. The molecule has 2 heterocycles. The SMILES string of the molecule is N/C(=N\O)c1cccc(NCc2nc(-c3ccncc3)n[nH]2)c1. The second kappa shape index (κ2) is 6.56. The molecule has 0 saturated carbocycles. The van der Waals surface area contributed by atoms with Gasteiger partial charge in [0.25, 0.3) is 0 Å². The fourth-order valence-electron chi connectivity index (χ4n) is 2.04. The zero-order chi connectivity index (χ0) is 16.1. The second-order valence-electron chi connectivity index (χ2n) is 4.76. The molecule has 0 amide bonds. The summed E-state index contributed by atoms with van der Waals surface area (Å²) in [5, 5.41) is 22.0. The third-order valence-corrected chi connectivity index (χ3v) is 3.20. The summed E-state index contributed by atoms with van der Waals surface area (Å²) in [5.41, 5.74) is 7.94. The zero-order valence-electron chi connectivity index (χ0n) is 12.1. The van der Waals surface area contributed by atoms with Crippen molar-refractivity contribution in [1.82, 2.24) is 20.2 Å². The number of H-pyrrole nitrogens is 1. The van der Waals surface area contributed by atoms with Crippen LogP contribution in [0.3, 0.4) is 0 Å². The summed E-state index contributed by atoms with van der Waals surface area (Å²) in [7, 11) is 0. The number of oxime groups is 1. The molecule has 0 atom stereocenters. The molecule has 8 heteroatoms. The molecule has 3 rings (SSSR count). The van der Waals surface area contributed by atoms with E-state index in [9.17, 15) is 0 Å². The van der Waals surface area contributed by atoms with Gasteiger partial charge < -0.3 is 16.3 Å². The van der Waals surface area contributed by atoms with Crippen molar-refractivity contribution in [3.8, 4) is 11.4 Å². The summed E-state index contributed by atoms with van der Waals surface area (Å²) in [5.74, 6) is 1.38. The maximum Gasteiger partial charge on any atom is 0.181 e. The van der Waals surface area contributed by atoms with Gasteiger partial charge in [-0.25, -0.2) is 4.98 Å². The molecule has 1 aromatic carbocycles. The van der Waals surface area contributed by atoms with Crippen molar-refractivity contribution < 1.29 is 5.21 Å². The van der Waals surface area contributed by atoms with E-state index >= 15 is 0 Å². The van der Waals surface area contributed by atoms with Gasteiger partial charge in [0.1, 0.15) is 5.82 Å². The Morgan fingerprint density at radius 3 is 2.87 bits per heavy atom. The van der Waals surface area contributed by atoms with Gasteiger partial charge in [0.15, 0.2) is 11.7 Å².